The smallest absolute Gasteiger partial charge is 0.337 e. The molecule has 1 saturated heterocycles. The van der Waals surface area contributed by atoms with E-state index < -0.39 is 12.0 Å². The monoisotopic (exact) mass is 416 g/mol. The molecule has 1 aromatic carbocycles. The maximum atomic E-state index is 12.7. The summed E-state index contributed by atoms with van der Waals surface area (Å²) in [4.78, 5) is 37.7. The SMILES string of the molecule is CCCCCCCCCCCCNC1CC(=O)N(c2ccc(C(=O)OC)cc2)C1=O. The number of carbonyl (C=O) groups is 3. The van der Waals surface area contributed by atoms with Gasteiger partial charge in [-0.2, -0.15) is 0 Å². The van der Waals surface area contributed by atoms with Gasteiger partial charge < -0.3 is 10.1 Å². The van der Waals surface area contributed by atoms with Crippen molar-refractivity contribution in [2.75, 3.05) is 18.6 Å². The highest BCUT2D eigenvalue weighted by Crippen LogP contribution is 2.23. The van der Waals surface area contributed by atoms with Crippen LogP contribution in [0.2, 0.25) is 0 Å². The highest BCUT2D eigenvalue weighted by molar-refractivity contribution is 6.22. The largest absolute Gasteiger partial charge is 0.465 e. The van der Waals surface area contributed by atoms with Crippen molar-refractivity contribution >= 4 is 23.5 Å². The van der Waals surface area contributed by atoms with E-state index in [-0.39, 0.29) is 18.2 Å². The molecule has 2 amide bonds. The molecule has 1 aliphatic heterocycles. The molecule has 0 saturated carbocycles. The molecule has 6 nitrogen and oxygen atoms in total. The minimum atomic E-state index is -0.462. The third kappa shape index (κ3) is 7.24. The normalized spacial score (nSPS) is 16.3. The van der Waals surface area contributed by atoms with E-state index in [4.69, 9.17) is 0 Å². The topological polar surface area (TPSA) is 75.7 Å². The van der Waals surface area contributed by atoms with Gasteiger partial charge in [0.15, 0.2) is 0 Å². The number of methoxy groups -OCH3 is 1. The second-order valence-electron chi connectivity index (χ2n) is 8.00. The van der Waals surface area contributed by atoms with E-state index in [1.807, 2.05) is 0 Å². The molecular formula is C24H36N2O4. The second-order valence-corrected chi connectivity index (χ2v) is 8.00. The Labute approximate surface area is 180 Å². The Bertz CT molecular complexity index is 687. The van der Waals surface area contributed by atoms with Crippen LogP contribution in [0.25, 0.3) is 0 Å². The van der Waals surface area contributed by atoms with Gasteiger partial charge in [-0.25, -0.2) is 9.69 Å². The van der Waals surface area contributed by atoms with Crippen LogP contribution >= 0.6 is 0 Å². The molecule has 1 aliphatic rings. The Morgan fingerprint density at radius 3 is 2.10 bits per heavy atom. The van der Waals surface area contributed by atoms with Crippen LogP contribution in [0.3, 0.4) is 0 Å². The number of imide groups is 1. The molecule has 1 fully saturated rings. The van der Waals surface area contributed by atoms with Gasteiger partial charge in [-0.1, -0.05) is 64.7 Å². The number of benzene rings is 1. The zero-order chi connectivity index (χ0) is 21.8. The van der Waals surface area contributed by atoms with Gasteiger partial charge in [-0.15, -0.1) is 0 Å². The summed E-state index contributed by atoms with van der Waals surface area (Å²) < 4.78 is 4.67. The quantitative estimate of drug-likeness (QED) is 0.272. The molecule has 0 aromatic heterocycles. The third-order valence-corrected chi connectivity index (χ3v) is 5.61. The number of unbranched alkanes of at least 4 members (excludes halogenated alkanes) is 9. The number of rotatable bonds is 14. The third-order valence-electron chi connectivity index (χ3n) is 5.61. The lowest BCUT2D eigenvalue weighted by atomic mass is 10.1. The summed E-state index contributed by atoms with van der Waals surface area (Å²) in [6, 6.07) is 5.87. The van der Waals surface area contributed by atoms with Crippen molar-refractivity contribution in [2.45, 2.75) is 83.6 Å². The van der Waals surface area contributed by atoms with Gasteiger partial charge in [0.1, 0.15) is 0 Å². The van der Waals surface area contributed by atoms with Crippen molar-refractivity contribution in [3.05, 3.63) is 29.8 Å². The molecule has 0 radical (unpaired) electrons. The lowest BCUT2D eigenvalue weighted by Gasteiger charge is -2.16. The first-order valence-electron chi connectivity index (χ1n) is 11.4. The zero-order valence-corrected chi connectivity index (χ0v) is 18.5. The van der Waals surface area contributed by atoms with Crippen molar-refractivity contribution in [1.82, 2.24) is 5.32 Å². The molecular weight excluding hydrogens is 380 g/mol. The number of nitrogens with one attached hydrogen (secondary N) is 1. The highest BCUT2D eigenvalue weighted by atomic mass is 16.5. The number of amides is 2. The molecule has 1 heterocycles. The fraction of sp³-hybridized carbons (Fsp3) is 0.625. The zero-order valence-electron chi connectivity index (χ0n) is 18.5. The fourth-order valence-electron chi connectivity index (χ4n) is 3.82. The average Bonchev–Trinajstić information content (AvgIpc) is 3.04. The summed E-state index contributed by atoms with van der Waals surface area (Å²) in [5.41, 5.74) is 0.872. The van der Waals surface area contributed by atoms with Crippen molar-refractivity contribution < 1.29 is 19.1 Å². The number of carbonyl (C=O) groups excluding carboxylic acids is 3. The van der Waals surface area contributed by atoms with Crippen LogP contribution in [0.4, 0.5) is 5.69 Å². The molecule has 1 atom stereocenters. The van der Waals surface area contributed by atoms with Crippen LogP contribution < -0.4 is 10.2 Å². The van der Waals surface area contributed by atoms with Crippen molar-refractivity contribution in [1.29, 1.82) is 0 Å². The predicted molar refractivity (Wildman–Crippen MR) is 119 cm³/mol. The van der Waals surface area contributed by atoms with Crippen LogP contribution in [-0.4, -0.2) is 37.5 Å². The number of hydrogen-bond donors (Lipinski definition) is 1. The lowest BCUT2D eigenvalue weighted by Crippen LogP contribution is -2.39. The second kappa shape index (κ2) is 13.2. The summed E-state index contributed by atoms with van der Waals surface area (Å²) in [6.07, 6.45) is 12.9. The summed E-state index contributed by atoms with van der Waals surface area (Å²) >= 11 is 0. The molecule has 1 aromatic rings. The van der Waals surface area contributed by atoms with Crippen LogP contribution in [0.5, 0.6) is 0 Å². The number of nitrogens with zero attached hydrogens (tertiary/aromatic N) is 1. The van der Waals surface area contributed by atoms with Crippen LogP contribution in [0, 0.1) is 0 Å². The molecule has 166 valence electrons. The Balaban J connectivity index is 1.66. The van der Waals surface area contributed by atoms with Gasteiger partial charge >= 0.3 is 5.97 Å². The fourth-order valence-corrected chi connectivity index (χ4v) is 3.82. The predicted octanol–water partition coefficient (Wildman–Crippen LogP) is 4.62. The van der Waals surface area contributed by atoms with Crippen molar-refractivity contribution in [2.24, 2.45) is 0 Å². The average molecular weight is 417 g/mol. The van der Waals surface area contributed by atoms with Gasteiger partial charge in [0.25, 0.3) is 5.91 Å². The summed E-state index contributed by atoms with van der Waals surface area (Å²) in [5.74, 6) is -0.888. The van der Waals surface area contributed by atoms with Crippen LogP contribution in [0.1, 0.15) is 87.9 Å². The van der Waals surface area contributed by atoms with E-state index in [2.05, 4.69) is 17.0 Å². The van der Waals surface area contributed by atoms with Crippen LogP contribution in [0.15, 0.2) is 24.3 Å². The van der Waals surface area contributed by atoms with E-state index in [1.54, 1.807) is 24.3 Å². The van der Waals surface area contributed by atoms with E-state index in [9.17, 15) is 14.4 Å². The van der Waals surface area contributed by atoms with Gasteiger partial charge in [0.05, 0.1) is 30.8 Å². The molecule has 0 spiro atoms. The first kappa shape index (κ1) is 24.1. The van der Waals surface area contributed by atoms with Gasteiger partial charge in [-0.05, 0) is 37.2 Å². The number of ether oxygens (including phenoxy) is 1. The van der Waals surface area contributed by atoms with E-state index >= 15 is 0 Å². The van der Waals surface area contributed by atoms with Crippen molar-refractivity contribution in [3.63, 3.8) is 0 Å². The van der Waals surface area contributed by atoms with Gasteiger partial charge in [0, 0.05) is 0 Å². The van der Waals surface area contributed by atoms with E-state index in [1.165, 1.54) is 63.4 Å². The molecule has 0 aliphatic carbocycles. The maximum Gasteiger partial charge on any atom is 0.337 e. The van der Waals surface area contributed by atoms with Crippen molar-refractivity contribution in [3.8, 4) is 0 Å². The Morgan fingerprint density at radius 2 is 1.53 bits per heavy atom. The van der Waals surface area contributed by atoms with Gasteiger partial charge in [-0.3, -0.25) is 9.59 Å². The molecule has 30 heavy (non-hydrogen) atoms. The minimum Gasteiger partial charge on any atom is -0.465 e. The van der Waals surface area contributed by atoms with E-state index in [0.717, 1.165) is 19.4 Å². The molecule has 2 rings (SSSR count). The number of hydrogen-bond acceptors (Lipinski definition) is 5. The Hall–Kier alpha value is -2.21. The molecule has 1 N–H and O–H groups in total. The summed E-state index contributed by atoms with van der Waals surface area (Å²) in [7, 11) is 1.31. The molecule has 0 bridgehead atoms. The first-order valence-corrected chi connectivity index (χ1v) is 11.4. The van der Waals surface area contributed by atoms with Gasteiger partial charge in [0.2, 0.25) is 5.91 Å². The van der Waals surface area contributed by atoms with Crippen LogP contribution in [-0.2, 0) is 14.3 Å². The Morgan fingerprint density at radius 1 is 0.967 bits per heavy atom. The maximum absolute atomic E-state index is 12.7. The summed E-state index contributed by atoms with van der Waals surface area (Å²) in [5, 5.41) is 3.24. The number of anilines is 1. The summed E-state index contributed by atoms with van der Waals surface area (Å²) in [6.45, 7) is 2.99. The highest BCUT2D eigenvalue weighted by Gasteiger charge is 2.39. The standard InChI is InChI=1S/C24H36N2O4/c1-3-4-5-6-7-8-9-10-11-12-17-25-21-18-22(27)26(23(21)28)20-15-13-19(14-16-20)24(29)30-2/h13-16,21,25H,3-12,17-18H2,1-2H3. The first-order chi connectivity index (χ1) is 14.6. The minimum absolute atomic E-state index is 0.176. The molecule has 6 heteroatoms. The Kier molecular flexibility index (Phi) is 10.6. The van der Waals surface area contributed by atoms with E-state index in [0.29, 0.717) is 11.3 Å². The molecule has 1 unspecified atom stereocenters. The number of esters is 1. The lowest BCUT2D eigenvalue weighted by molar-refractivity contribution is -0.121.